The minimum atomic E-state index is 0.261. The number of hydrogen-bond acceptors (Lipinski definition) is 4. The summed E-state index contributed by atoms with van der Waals surface area (Å²) in [6, 6.07) is 25.2. The summed E-state index contributed by atoms with van der Waals surface area (Å²) in [5, 5.41) is 2.32. The molecule has 3 aliphatic rings. The van der Waals surface area contributed by atoms with E-state index in [1.165, 1.54) is 33.7 Å². The zero-order chi connectivity index (χ0) is 31.6. The van der Waals surface area contributed by atoms with E-state index in [0.717, 1.165) is 58.2 Å². The molecule has 0 aliphatic heterocycles. The van der Waals surface area contributed by atoms with Crippen LogP contribution in [0.4, 0.5) is 0 Å². The van der Waals surface area contributed by atoms with Gasteiger partial charge in [0.15, 0.2) is 11.6 Å². The Morgan fingerprint density at radius 3 is 2.36 bits per heavy atom. The van der Waals surface area contributed by atoms with Gasteiger partial charge in [0.25, 0.3) is 0 Å². The zero-order valence-electron chi connectivity index (χ0n) is 26.9. The Bertz CT molecular complexity index is 2330. The van der Waals surface area contributed by atoms with Gasteiger partial charge < -0.3 is 4.42 Å². The third kappa shape index (κ3) is 4.48. The average Bonchev–Trinajstić information content (AvgIpc) is 3.64. The highest BCUT2D eigenvalue weighted by molar-refractivity contribution is 6.09. The average molecular weight is 613 g/mol. The maximum atomic E-state index is 6.51. The third-order valence-corrected chi connectivity index (χ3v) is 10.2. The lowest BCUT2D eigenvalue weighted by atomic mass is 9.82. The monoisotopic (exact) mass is 612 g/mol. The van der Waals surface area contributed by atoms with Gasteiger partial charge in [0, 0.05) is 55.9 Å². The predicted octanol–water partition coefficient (Wildman–Crippen LogP) is 10.5. The summed E-state index contributed by atoms with van der Waals surface area (Å²) in [5.74, 6) is 3.09. The van der Waals surface area contributed by atoms with Crippen molar-refractivity contribution in [2.45, 2.75) is 46.0 Å². The minimum Gasteiger partial charge on any atom is -0.455 e. The van der Waals surface area contributed by atoms with Crippen molar-refractivity contribution in [3.63, 3.8) is 0 Å². The smallest absolute Gasteiger partial charge is 0.238 e. The van der Waals surface area contributed by atoms with E-state index in [0.29, 0.717) is 23.6 Å². The Labute approximate surface area is 274 Å². The van der Waals surface area contributed by atoms with Crippen molar-refractivity contribution in [1.29, 1.82) is 0 Å². The second-order valence-corrected chi connectivity index (χ2v) is 13.4. The molecule has 3 aromatic heterocycles. The second-order valence-electron chi connectivity index (χ2n) is 13.4. The highest BCUT2D eigenvalue weighted by Gasteiger charge is 2.33. The molecule has 3 heterocycles. The first-order chi connectivity index (χ1) is 23.0. The van der Waals surface area contributed by atoms with Crippen molar-refractivity contribution in [1.82, 2.24) is 19.5 Å². The molecule has 230 valence electrons. The van der Waals surface area contributed by atoms with Gasteiger partial charge in [0.2, 0.25) is 5.95 Å². The van der Waals surface area contributed by atoms with E-state index in [-0.39, 0.29) is 5.92 Å². The van der Waals surface area contributed by atoms with E-state index in [4.69, 9.17) is 19.4 Å². The number of nitrogens with zero attached hydrogens (tertiary/aromatic N) is 4. The standard InChI is InChI=1S/C42H36N4O/c1-25-13-7-8-17-29(25)41-43-40(28-15-5-4-6-16-28)44-42(45-41)46-36-23-27(3)34(24-35(36)31-19-11-14-26(2)38(31)46)33-21-12-20-32-30-18-9-10-22-37(30)47-39(32)33/h4-12,15-22,24-27H,13-14,23H2,1-3H3. The molecule has 3 aromatic carbocycles. The van der Waals surface area contributed by atoms with Crippen LogP contribution in [0.2, 0.25) is 0 Å². The summed E-state index contributed by atoms with van der Waals surface area (Å²) < 4.78 is 8.90. The number of para-hydroxylation sites is 2. The lowest BCUT2D eigenvalue weighted by molar-refractivity contribution is 0.649. The molecule has 5 nitrogen and oxygen atoms in total. The number of benzene rings is 3. The minimum absolute atomic E-state index is 0.261. The van der Waals surface area contributed by atoms with Gasteiger partial charge in [-0.25, -0.2) is 4.98 Å². The van der Waals surface area contributed by atoms with Gasteiger partial charge in [-0.3, -0.25) is 4.57 Å². The molecule has 0 bridgehead atoms. The van der Waals surface area contributed by atoms with Crippen molar-refractivity contribution >= 4 is 45.2 Å². The van der Waals surface area contributed by atoms with E-state index >= 15 is 0 Å². The van der Waals surface area contributed by atoms with Gasteiger partial charge in [-0.05, 0) is 48.8 Å². The van der Waals surface area contributed by atoms with Gasteiger partial charge in [-0.2, -0.15) is 9.97 Å². The maximum Gasteiger partial charge on any atom is 0.238 e. The third-order valence-electron chi connectivity index (χ3n) is 10.2. The molecular weight excluding hydrogens is 576 g/mol. The molecule has 0 fully saturated rings. The summed E-state index contributed by atoms with van der Waals surface area (Å²) >= 11 is 0. The topological polar surface area (TPSA) is 56.7 Å². The predicted molar refractivity (Wildman–Crippen MR) is 192 cm³/mol. The van der Waals surface area contributed by atoms with Crippen LogP contribution >= 0.6 is 0 Å². The van der Waals surface area contributed by atoms with Crippen LogP contribution in [0.3, 0.4) is 0 Å². The van der Waals surface area contributed by atoms with Gasteiger partial charge in [-0.1, -0.05) is 118 Å². The summed E-state index contributed by atoms with van der Waals surface area (Å²) in [5.41, 5.74) is 11.6. The number of rotatable bonds is 4. The summed E-state index contributed by atoms with van der Waals surface area (Å²) in [6.07, 6.45) is 16.4. The fourth-order valence-corrected chi connectivity index (χ4v) is 7.80. The van der Waals surface area contributed by atoms with Crippen LogP contribution in [0.15, 0.2) is 102 Å². The number of hydrogen-bond donors (Lipinski definition) is 0. The summed E-state index contributed by atoms with van der Waals surface area (Å²) in [4.78, 5) is 15.6. The largest absolute Gasteiger partial charge is 0.455 e. The Balaban J connectivity index is 1.28. The number of furan rings is 1. The molecule has 0 amide bonds. The molecule has 6 aromatic rings. The summed E-state index contributed by atoms with van der Waals surface area (Å²) in [7, 11) is 0. The van der Waals surface area contributed by atoms with Gasteiger partial charge in [0.05, 0.1) is 0 Å². The van der Waals surface area contributed by atoms with Crippen molar-refractivity contribution in [3.05, 3.63) is 131 Å². The number of allylic oxidation sites excluding steroid dienone is 6. The van der Waals surface area contributed by atoms with Crippen LogP contribution < -0.4 is 0 Å². The van der Waals surface area contributed by atoms with Crippen LogP contribution in [0, 0.1) is 11.8 Å². The van der Waals surface area contributed by atoms with Crippen LogP contribution in [0.1, 0.15) is 73.4 Å². The number of fused-ring (bicyclic) bond motifs is 6. The molecule has 0 N–H and O–H groups in total. The lowest BCUT2D eigenvalue weighted by Crippen LogP contribution is -2.18. The highest BCUT2D eigenvalue weighted by Crippen LogP contribution is 2.46. The molecule has 47 heavy (non-hydrogen) atoms. The van der Waals surface area contributed by atoms with E-state index in [9.17, 15) is 0 Å². The maximum absolute atomic E-state index is 6.51. The summed E-state index contributed by atoms with van der Waals surface area (Å²) in [6.45, 7) is 6.91. The molecule has 9 rings (SSSR count). The molecule has 0 spiro atoms. The molecule has 0 radical (unpaired) electrons. The van der Waals surface area contributed by atoms with E-state index in [2.05, 4.69) is 110 Å². The Kier molecular flexibility index (Phi) is 6.49. The highest BCUT2D eigenvalue weighted by atomic mass is 16.3. The second kappa shape index (κ2) is 10.9. The molecule has 3 atom stereocenters. The molecule has 5 heteroatoms. The SMILES string of the molecule is CC1CC=CC=C1c1nc(-c2ccccc2)nc(-n2c3c(c4c2C(C)CC=C4)C=C(c2cccc4c2oc2ccccc24)C(C)C3)n1. The van der Waals surface area contributed by atoms with E-state index < -0.39 is 0 Å². The normalized spacial score (nSPS) is 20.3. The number of aromatic nitrogens is 4. The molecule has 3 unspecified atom stereocenters. The van der Waals surface area contributed by atoms with Crippen molar-refractivity contribution in [2.75, 3.05) is 0 Å². The lowest BCUT2D eigenvalue weighted by Gasteiger charge is -2.24. The first-order valence-electron chi connectivity index (χ1n) is 16.8. The fourth-order valence-electron chi connectivity index (χ4n) is 7.80. The fraction of sp³-hybridized carbons (Fsp3) is 0.214. The quantitative estimate of drug-likeness (QED) is 0.199. The Morgan fingerprint density at radius 2 is 1.49 bits per heavy atom. The molecule has 0 saturated heterocycles. The van der Waals surface area contributed by atoms with Gasteiger partial charge >= 0.3 is 0 Å². The van der Waals surface area contributed by atoms with Crippen molar-refractivity contribution in [3.8, 4) is 17.3 Å². The van der Waals surface area contributed by atoms with Crippen LogP contribution in [0.25, 0.3) is 62.6 Å². The first-order valence-corrected chi connectivity index (χ1v) is 16.8. The first kappa shape index (κ1) is 28.0. The molecular formula is C42H36N4O. The van der Waals surface area contributed by atoms with E-state index in [1.54, 1.807) is 0 Å². The Hall–Kier alpha value is -5.29. The van der Waals surface area contributed by atoms with Crippen LogP contribution in [-0.4, -0.2) is 19.5 Å². The molecule has 3 aliphatic carbocycles. The van der Waals surface area contributed by atoms with Crippen LogP contribution in [-0.2, 0) is 6.42 Å². The van der Waals surface area contributed by atoms with Gasteiger partial charge in [0.1, 0.15) is 11.2 Å². The molecule has 0 saturated carbocycles. The van der Waals surface area contributed by atoms with E-state index in [1.807, 2.05) is 24.3 Å². The van der Waals surface area contributed by atoms with Crippen molar-refractivity contribution < 1.29 is 4.42 Å². The van der Waals surface area contributed by atoms with Crippen LogP contribution in [0.5, 0.6) is 0 Å². The van der Waals surface area contributed by atoms with Gasteiger partial charge in [-0.15, -0.1) is 0 Å². The Morgan fingerprint density at radius 1 is 0.702 bits per heavy atom. The van der Waals surface area contributed by atoms with Crippen molar-refractivity contribution in [2.24, 2.45) is 11.8 Å². The zero-order valence-corrected chi connectivity index (χ0v) is 26.9.